The summed E-state index contributed by atoms with van der Waals surface area (Å²) in [5, 5.41) is 40.6. The first-order chi connectivity index (χ1) is 7.55. The van der Waals surface area contributed by atoms with Crippen molar-refractivity contribution in [2.24, 2.45) is 0 Å². The van der Waals surface area contributed by atoms with Gasteiger partial charge in [0, 0.05) is 6.54 Å². The van der Waals surface area contributed by atoms with Crippen molar-refractivity contribution >= 4 is 0 Å². The van der Waals surface area contributed by atoms with E-state index in [1.54, 1.807) is 0 Å². The van der Waals surface area contributed by atoms with Gasteiger partial charge in [-0.1, -0.05) is 13.3 Å². The van der Waals surface area contributed by atoms with Crippen LogP contribution in [-0.2, 0) is 4.74 Å². The molecule has 16 heavy (non-hydrogen) atoms. The summed E-state index contributed by atoms with van der Waals surface area (Å²) in [5.41, 5.74) is 0. The predicted molar refractivity (Wildman–Crippen MR) is 56.7 cm³/mol. The fraction of sp³-hybridized carbons (Fsp3) is 1.00. The Balaban J connectivity index is 2.39. The lowest BCUT2D eigenvalue weighted by molar-refractivity contribution is -0.245. The Labute approximate surface area is 94.9 Å². The van der Waals surface area contributed by atoms with Crippen molar-refractivity contribution in [1.29, 1.82) is 0 Å². The summed E-state index contributed by atoms with van der Waals surface area (Å²) in [7, 11) is 0. The van der Waals surface area contributed by atoms with E-state index in [1.807, 2.05) is 0 Å². The zero-order chi connectivity index (χ0) is 12.2. The molecule has 4 atom stereocenters. The van der Waals surface area contributed by atoms with E-state index in [9.17, 15) is 15.3 Å². The van der Waals surface area contributed by atoms with Gasteiger partial charge >= 0.3 is 0 Å². The Hall–Kier alpha value is -0.240. The molecule has 5 N–H and O–H groups in total. The Morgan fingerprint density at radius 2 is 2.06 bits per heavy atom. The summed E-state index contributed by atoms with van der Waals surface area (Å²) in [6.45, 7) is 2.45. The lowest BCUT2D eigenvalue weighted by Gasteiger charge is -2.22. The first-order valence-electron chi connectivity index (χ1n) is 5.63. The number of ether oxygens (including phenoxy) is 1. The van der Waals surface area contributed by atoms with E-state index >= 15 is 0 Å². The lowest BCUT2D eigenvalue weighted by atomic mass is 10.1. The van der Waals surface area contributed by atoms with Crippen LogP contribution < -0.4 is 5.32 Å². The molecule has 0 amide bonds. The molecule has 0 saturated carbocycles. The highest BCUT2D eigenvalue weighted by atomic mass is 16.7. The van der Waals surface area contributed by atoms with Gasteiger partial charge in [-0.3, -0.25) is 0 Å². The third kappa shape index (κ3) is 2.91. The maximum absolute atomic E-state index is 9.60. The van der Waals surface area contributed by atoms with E-state index in [0.29, 0.717) is 6.54 Å². The maximum Gasteiger partial charge on any atom is 0.219 e. The van der Waals surface area contributed by atoms with Crippen molar-refractivity contribution in [1.82, 2.24) is 5.32 Å². The Bertz CT molecular complexity index is 215. The van der Waals surface area contributed by atoms with Crippen LogP contribution in [0.3, 0.4) is 0 Å². The van der Waals surface area contributed by atoms with Crippen molar-refractivity contribution in [2.45, 2.75) is 43.9 Å². The van der Waals surface area contributed by atoms with E-state index in [4.69, 9.17) is 9.84 Å². The molecule has 0 aliphatic carbocycles. The van der Waals surface area contributed by atoms with Crippen LogP contribution in [0.25, 0.3) is 0 Å². The molecule has 0 aromatic heterocycles. The van der Waals surface area contributed by atoms with Crippen LogP contribution in [0.2, 0.25) is 0 Å². The largest absolute Gasteiger partial charge is 0.391 e. The molecule has 0 aromatic rings. The molecule has 0 aromatic carbocycles. The number of unbranched alkanes of at least 4 members (excludes halogenated alkanes) is 1. The summed E-state index contributed by atoms with van der Waals surface area (Å²) in [4.78, 5) is 0. The van der Waals surface area contributed by atoms with Crippen molar-refractivity contribution in [2.75, 3.05) is 19.7 Å². The van der Waals surface area contributed by atoms with Crippen LogP contribution in [0.15, 0.2) is 0 Å². The number of hydrogen-bond acceptors (Lipinski definition) is 6. The number of nitrogens with one attached hydrogen (secondary N) is 1. The summed E-state index contributed by atoms with van der Waals surface area (Å²) in [5.74, 6) is -2.05. The summed E-state index contributed by atoms with van der Waals surface area (Å²) < 4.78 is 5.05. The Morgan fingerprint density at radius 1 is 1.38 bits per heavy atom. The average Bonchev–Trinajstić information content (AvgIpc) is 2.50. The van der Waals surface area contributed by atoms with Gasteiger partial charge in [0.2, 0.25) is 5.79 Å². The fourth-order valence-electron chi connectivity index (χ4n) is 1.71. The number of hydrogen-bond donors (Lipinski definition) is 5. The minimum absolute atomic E-state index is 0.334. The highest BCUT2D eigenvalue weighted by molar-refractivity contribution is 4.95. The molecule has 1 saturated heterocycles. The van der Waals surface area contributed by atoms with Gasteiger partial charge in [0.1, 0.15) is 18.3 Å². The van der Waals surface area contributed by atoms with Crippen molar-refractivity contribution in [3.63, 3.8) is 0 Å². The molecule has 0 bridgehead atoms. The molecule has 0 radical (unpaired) electrons. The SMILES string of the molecule is CCCCNC[C@H]1O[C@@](O)(CO)[C@@H](O)[C@@H]1O. The highest BCUT2D eigenvalue weighted by Crippen LogP contribution is 2.28. The van der Waals surface area contributed by atoms with E-state index in [-0.39, 0.29) is 0 Å². The molecule has 6 heteroatoms. The molecule has 1 aliphatic heterocycles. The molecule has 0 unspecified atom stereocenters. The Morgan fingerprint density at radius 3 is 2.56 bits per heavy atom. The maximum atomic E-state index is 9.60. The summed E-state index contributed by atoms with van der Waals surface area (Å²) in [6.07, 6.45) is -1.30. The van der Waals surface area contributed by atoms with Gasteiger partial charge in [-0.2, -0.15) is 0 Å². The van der Waals surface area contributed by atoms with Gasteiger partial charge in [0.25, 0.3) is 0 Å². The van der Waals surface area contributed by atoms with Crippen molar-refractivity contribution < 1.29 is 25.2 Å². The van der Waals surface area contributed by atoms with Crippen LogP contribution in [0.4, 0.5) is 0 Å². The lowest BCUT2D eigenvalue weighted by Crippen LogP contribution is -2.46. The molecule has 0 spiro atoms. The highest BCUT2D eigenvalue weighted by Gasteiger charge is 2.52. The van der Waals surface area contributed by atoms with E-state index < -0.39 is 30.7 Å². The van der Waals surface area contributed by atoms with Gasteiger partial charge < -0.3 is 30.5 Å². The Kier molecular flexibility index (Phi) is 5.10. The van der Waals surface area contributed by atoms with Crippen molar-refractivity contribution in [3.05, 3.63) is 0 Å². The monoisotopic (exact) mass is 235 g/mol. The summed E-state index contributed by atoms with van der Waals surface area (Å²) >= 11 is 0. The zero-order valence-electron chi connectivity index (χ0n) is 9.46. The summed E-state index contributed by atoms with van der Waals surface area (Å²) in [6, 6.07) is 0. The van der Waals surface area contributed by atoms with Gasteiger partial charge in [-0.05, 0) is 13.0 Å². The minimum atomic E-state index is -2.05. The first kappa shape index (κ1) is 13.8. The van der Waals surface area contributed by atoms with E-state index in [0.717, 1.165) is 19.4 Å². The molecule has 1 fully saturated rings. The third-order valence-electron chi connectivity index (χ3n) is 2.80. The quantitative estimate of drug-likeness (QED) is 0.347. The zero-order valence-corrected chi connectivity index (χ0v) is 9.46. The normalized spacial score (nSPS) is 39.2. The molecular weight excluding hydrogens is 214 g/mol. The second-order valence-electron chi connectivity index (χ2n) is 4.15. The number of aliphatic hydroxyl groups excluding tert-OH is 3. The first-order valence-corrected chi connectivity index (χ1v) is 5.63. The molecule has 1 aliphatic rings. The van der Waals surface area contributed by atoms with Gasteiger partial charge in [-0.25, -0.2) is 0 Å². The van der Waals surface area contributed by atoms with Crippen LogP contribution >= 0.6 is 0 Å². The number of aliphatic hydroxyl groups is 4. The van der Waals surface area contributed by atoms with Crippen LogP contribution in [0, 0.1) is 0 Å². The topological polar surface area (TPSA) is 102 Å². The third-order valence-corrected chi connectivity index (χ3v) is 2.80. The number of rotatable bonds is 6. The second-order valence-corrected chi connectivity index (χ2v) is 4.15. The minimum Gasteiger partial charge on any atom is -0.391 e. The molecule has 1 heterocycles. The van der Waals surface area contributed by atoms with Gasteiger partial charge in [-0.15, -0.1) is 0 Å². The van der Waals surface area contributed by atoms with E-state index in [2.05, 4.69) is 12.2 Å². The second kappa shape index (κ2) is 5.90. The molecule has 96 valence electrons. The standard InChI is InChI=1S/C10H21NO5/c1-2-3-4-11-5-7-8(13)9(14)10(15,6-12)16-7/h7-9,11-15H,2-6H2,1H3/t7-,8-,9+,10+/m1/s1. The van der Waals surface area contributed by atoms with E-state index in [1.165, 1.54) is 0 Å². The predicted octanol–water partition coefficient (Wildman–Crippen LogP) is -1.82. The van der Waals surface area contributed by atoms with Crippen LogP contribution in [-0.4, -0.2) is 64.2 Å². The molecular formula is C10H21NO5. The molecule has 1 rings (SSSR count). The van der Waals surface area contributed by atoms with Crippen molar-refractivity contribution in [3.8, 4) is 0 Å². The van der Waals surface area contributed by atoms with Gasteiger partial charge in [0.15, 0.2) is 0 Å². The molecule has 6 nitrogen and oxygen atoms in total. The van der Waals surface area contributed by atoms with Gasteiger partial charge in [0.05, 0.1) is 6.61 Å². The fourth-order valence-corrected chi connectivity index (χ4v) is 1.71. The smallest absolute Gasteiger partial charge is 0.219 e. The van der Waals surface area contributed by atoms with Crippen LogP contribution in [0.1, 0.15) is 19.8 Å². The van der Waals surface area contributed by atoms with Crippen LogP contribution in [0.5, 0.6) is 0 Å². The average molecular weight is 235 g/mol.